The fourth-order valence-corrected chi connectivity index (χ4v) is 2.78. The summed E-state index contributed by atoms with van der Waals surface area (Å²) in [7, 11) is -1.44. The molecule has 25 heavy (non-hydrogen) atoms. The van der Waals surface area contributed by atoms with Crippen LogP contribution in [-0.2, 0) is 14.8 Å². The zero-order valence-corrected chi connectivity index (χ0v) is 14.3. The van der Waals surface area contributed by atoms with Crippen LogP contribution in [-0.4, -0.2) is 34.5 Å². The number of amides is 1. The second-order valence-electron chi connectivity index (χ2n) is 4.93. The van der Waals surface area contributed by atoms with Gasteiger partial charge in [0, 0.05) is 11.3 Å². The van der Waals surface area contributed by atoms with Gasteiger partial charge in [-0.3, -0.25) is 4.79 Å². The highest BCUT2D eigenvalue weighted by atomic mass is 32.2. The number of carbonyl (C=O) groups excluding carboxylic acids is 2. The quantitative estimate of drug-likeness (QED) is 0.772. The molecule has 2 rings (SSSR count). The van der Waals surface area contributed by atoms with Gasteiger partial charge in [0.25, 0.3) is 5.91 Å². The summed E-state index contributed by atoms with van der Waals surface area (Å²) in [5, 5.41) is 7.69. The van der Waals surface area contributed by atoms with Crippen LogP contribution >= 0.6 is 0 Å². The molecule has 132 valence electrons. The number of rotatable bonds is 5. The van der Waals surface area contributed by atoms with Gasteiger partial charge in [-0.2, -0.15) is 0 Å². The van der Waals surface area contributed by atoms with Crippen LogP contribution in [0.15, 0.2) is 47.4 Å². The van der Waals surface area contributed by atoms with Crippen molar-refractivity contribution in [2.24, 2.45) is 5.14 Å². The van der Waals surface area contributed by atoms with Crippen LogP contribution < -0.4 is 15.2 Å². The molecule has 0 spiro atoms. The van der Waals surface area contributed by atoms with Crippen molar-refractivity contribution in [3.05, 3.63) is 53.6 Å². The first kappa shape index (κ1) is 18.4. The van der Waals surface area contributed by atoms with Gasteiger partial charge < -0.3 is 14.8 Å². The molecule has 2 aromatic rings. The summed E-state index contributed by atoms with van der Waals surface area (Å²) in [6.07, 6.45) is 0. The number of nitrogens with two attached hydrogens (primary N) is 1. The fraction of sp³-hybridized carbons (Fsp3) is 0.125. The Balaban J connectivity index is 2.25. The van der Waals surface area contributed by atoms with E-state index in [-0.39, 0.29) is 21.9 Å². The molecule has 0 heterocycles. The smallest absolute Gasteiger partial charge is 0.337 e. The maximum absolute atomic E-state index is 12.2. The molecule has 2 aromatic carbocycles. The number of sulfonamides is 1. The lowest BCUT2D eigenvalue weighted by Gasteiger charge is -2.10. The van der Waals surface area contributed by atoms with Crippen molar-refractivity contribution in [2.75, 3.05) is 19.5 Å². The van der Waals surface area contributed by atoms with E-state index < -0.39 is 21.9 Å². The predicted octanol–water partition coefficient (Wildman–Crippen LogP) is 1.38. The Bertz CT molecular complexity index is 907. The third-order valence-electron chi connectivity index (χ3n) is 3.30. The minimum atomic E-state index is -4.01. The summed E-state index contributed by atoms with van der Waals surface area (Å²) in [4.78, 5) is 23.4. The third-order valence-corrected chi connectivity index (χ3v) is 4.23. The highest BCUT2D eigenvalue weighted by Crippen LogP contribution is 2.26. The Kier molecular flexibility index (Phi) is 5.40. The van der Waals surface area contributed by atoms with Crippen molar-refractivity contribution in [1.82, 2.24) is 0 Å². The van der Waals surface area contributed by atoms with E-state index in [1.165, 1.54) is 56.7 Å². The molecule has 9 heteroatoms. The molecule has 0 aliphatic rings. The van der Waals surface area contributed by atoms with Crippen LogP contribution in [0, 0.1) is 0 Å². The highest BCUT2D eigenvalue weighted by molar-refractivity contribution is 7.89. The van der Waals surface area contributed by atoms with Crippen LogP contribution in [0.4, 0.5) is 5.69 Å². The lowest BCUT2D eigenvalue weighted by atomic mass is 10.1. The number of carbonyl (C=O) groups is 2. The van der Waals surface area contributed by atoms with E-state index in [1.807, 2.05) is 0 Å². The van der Waals surface area contributed by atoms with Gasteiger partial charge in [0.05, 0.1) is 19.8 Å². The summed E-state index contributed by atoms with van der Waals surface area (Å²) in [6.45, 7) is 0. The maximum Gasteiger partial charge on any atom is 0.337 e. The zero-order valence-electron chi connectivity index (χ0n) is 13.5. The number of primary sulfonamides is 1. The van der Waals surface area contributed by atoms with E-state index >= 15 is 0 Å². The number of anilines is 1. The van der Waals surface area contributed by atoms with Gasteiger partial charge in [-0.15, -0.1) is 0 Å². The standard InChI is InChI=1S/C16H16N2O6S/c1-23-13-8-7-12(9-14(13)25(17,21)22)18-15(19)10-3-5-11(6-4-10)16(20)24-2/h3-9H,1-2H3,(H,18,19)(H2,17,21,22). The summed E-state index contributed by atoms with van der Waals surface area (Å²) in [5.74, 6) is -0.926. The Hall–Kier alpha value is -2.91. The number of ether oxygens (including phenoxy) is 2. The molecule has 0 bridgehead atoms. The molecule has 0 aliphatic heterocycles. The highest BCUT2D eigenvalue weighted by Gasteiger charge is 2.17. The molecule has 0 radical (unpaired) electrons. The fourth-order valence-electron chi connectivity index (χ4n) is 2.06. The van der Waals surface area contributed by atoms with E-state index in [0.29, 0.717) is 5.56 Å². The average molecular weight is 364 g/mol. The van der Waals surface area contributed by atoms with Crippen molar-refractivity contribution in [2.45, 2.75) is 4.90 Å². The molecular weight excluding hydrogens is 348 g/mol. The molecule has 3 N–H and O–H groups in total. The van der Waals surface area contributed by atoms with Crippen LogP contribution in [0.3, 0.4) is 0 Å². The summed E-state index contributed by atoms with van der Waals surface area (Å²) in [6, 6.07) is 9.87. The third kappa shape index (κ3) is 4.34. The lowest BCUT2D eigenvalue weighted by molar-refractivity contribution is 0.0600. The first-order valence-electron chi connectivity index (χ1n) is 6.97. The first-order chi connectivity index (χ1) is 11.8. The number of hydrogen-bond donors (Lipinski definition) is 2. The summed E-state index contributed by atoms with van der Waals surface area (Å²) < 4.78 is 32.7. The van der Waals surface area contributed by atoms with Gasteiger partial charge in [0.2, 0.25) is 10.0 Å². The molecule has 0 atom stereocenters. The molecule has 0 aliphatic carbocycles. The number of nitrogens with one attached hydrogen (secondary N) is 1. The van der Waals surface area contributed by atoms with Crippen molar-refractivity contribution in [3.63, 3.8) is 0 Å². The lowest BCUT2D eigenvalue weighted by Crippen LogP contribution is -2.16. The SMILES string of the molecule is COC(=O)c1ccc(C(=O)Nc2ccc(OC)c(S(N)(=O)=O)c2)cc1. The molecule has 0 fully saturated rings. The van der Waals surface area contributed by atoms with E-state index in [4.69, 9.17) is 9.88 Å². The Morgan fingerprint density at radius 2 is 1.60 bits per heavy atom. The van der Waals surface area contributed by atoms with Gasteiger partial charge in [-0.1, -0.05) is 0 Å². The van der Waals surface area contributed by atoms with Crippen molar-refractivity contribution >= 4 is 27.6 Å². The molecule has 0 saturated heterocycles. The first-order valence-corrected chi connectivity index (χ1v) is 8.51. The minimum Gasteiger partial charge on any atom is -0.495 e. The van der Waals surface area contributed by atoms with Gasteiger partial charge >= 0.3 is 5.97 Å². The van der Waals surface area contributed by atoms with Crippen LogP contribution in [0.2, 0.25) is 0 Å². The second-order valence-corrected chi connectivity index (χ2v) is 6.46. The van der Waals surface area contributed by atoms with E-state index in [2.05, 4.69) is 10.1 Å². The molecule has 0 aromatic heterocycles. The van der Waals surface area contributed by atoms with Crippen LogP contribution in [0.1, 0.15) is 20.7 Å². The van der Waals surface area contributed by atoms with Crippen molar-refractivity contribution < 1.29 is 27.5 Å². The monoisotopic (exact) mass is 364 g/mol. The predicted molar refractivity (Wildman–Crippen MR) is 90.1 cm³/mol. The Labute approximate surface area is 144 Å². The van der Waals surface area contributed by atoms with Crippen LogP contribution in [0.25, 0.3) is 0 Å². The zero-order chi connectivity index (χ0) is 18.6. The summed E-state index contributed by atoms with van der Waals surface area (Å²) in [5.41, 5.74) is 0.813. The Morgan fingerprint density at radius 3 is 2.12 bits per heavy atom. The largest absolute Gasteiger partial charge is 0.495 e. The molecule has 0 saturated carbocycles. The molecule has 8 nitrogen and oxygen atoms in total. The maximum atomic E-state index is 12.2. The minimum absolute atomic E-state index is 0.0722. The number of hydrogen-bond acceptors (Lipinski definition) is 6. The molecule has 1 amide bonds. The van der Waals surface area contributed by atoms with Crippen molar-refractivity contribution in [3.8, 4) is 5.75 Å². The number of benzene rings is 2. The normalized spacial score (nSPS) is 10.8. The van der Waals surface area contributed by atoms with E-state index in [9.17, 15) is 18.0 Å². The average Bonchev–Trinajstić information content (AvgIpc) is 2.60. The van der Waals surface area contributed by atoms with Gasteiger partial charge in [-0.25, -0.2) is 18.4 Å². The van der Waals surface area contributed by atoms with E-state index in [0.717, 1.165) is 0 Å². The number of methoxy groups -OCH3 is 2. The van der Waals surface area contributed by atoms with Gasteiger partial charge in [0.1, 0.15) is 10.6 Å². The topological polar surface area (TPSA) is 125 Å². The van der Waals surface area contributed by atoms with Crippen molar-refractivity contribution in [1.29, 1.82) is 0 Å². The Morgan fingerprint density at radius 1 is 1.00 bits per heavy atom. The molecular formula is C16H16N2O6S. The van der Waals surface area contributed by atoms with Crippen LogP contribution in [0.5, 0.6) is 5.75 Å². The van der Waals surface area contributed by atoms with Gasteiger partial charge in [-0.05, 0) is 42.5 Å². The number of esters is 1. The summed E-state index contributed by atoms with van der Waals surface area (Å²) >= 11 is 0. The van der Waals surface area contributed by atoms with Gasteiger partial charge in [0.15, 0.2) is 0 Å². The van der Waals surface area contributed by atoms with E-state index in [1.54, 1.807) is 0 Å². The second kappa shape index (κ2) is 7.32. The molecule has 0 unspecified atom stereocenters.